The van der Waals surface area contributed by atoms with Crippen LogP contribution in [0, 0.1) is 5.92 Å². The minimum absolute atomic E-state index is 0.0742. The highest BCUT2D eigenvalue weighted by Gasteiger charge is 2.26. The van der Waals surface area contributed by atoms with Gasteiger partial charge < -0.3 is 14.8 Å². The van der Waals surface area contributed by atoms with E-state index in [-0.39, 0.29) is 12.5 Å². The number of hydrogen-bond donors (Lipinski definition) is 1. The Balaban J connectivity index is 2.18. The molecule has 0 aliphatic carbocycles. The molecule has 5 nitrogen and oxygen atoms in total. The molecule has 1 atom stereocenters. The minimum Gasteiger partial charge on any atom is -0.464 e. The number of rotatable bonds is 15. The number of carbonyl (C=O) groups is 2. The molecule has 0 heterocycles. The quantitative estimate of drug-likeness (QED) is 0.287. The van der Waals surface area contributed by atoms with Gasteiger partial charge in [-0.3, -0.25) is 0 Å². The highest BCUT2D eigenvalue weighted by atomic mass is 16.6. The van der Waals surface area contributed by atoms with E-state index in [9.17, 15) is 9.59 Å². The number of benzene rings is 1. The van der Waals surface area contributed by atoms with Crippen molar-refractivity contribution < 1.29 is 19.1 Å². The summed E-state index contributed by atoms with van der Waals surface area (Å²) >= 11 is 0. The van der Waals surface area contributed by atoms with Gasteiger partial charge in [-0.1, -0.05) is 102 Å². The fourth-order valence-electron chi connectivity index (χ4n) is 3.06. The van der Waals surface area contributed by atoms with E-state index in [1.807, 2.05) is 44.2 Å². The van der Waals surface area contributed by atoms with E-state index in [4.69, 9.17) is 9.47 Å². The maximum atomic E-state index is 12.3. The van der Waals surface area contributed by atoms with E-state index in [1.165, 1.54) is 44.9 Å². The molecule has 1 amide bonds. The molecular weight excluding hydrogens is 366 g/mol. The summed E-state index contributed by atoms with van der Waals surface area (Å²) in [7, 11) is 0. The van der Waals surface area contributed by atoms with Gasteiger partial charge in [-0.05, 0) is 17.9 Å². The van der Waals surface area contributed by atoms with Crippen molar-refractivity contribution in [3.8, 4) is 0 Å². The molecule has 0 spiro atoms. The number of nitrogens with one attached hydrogen (secondary N) is 1. The monoisotopic (exact) mass is 405 g/mol. The number of alkyl carbamates (subject to hydrolysis) is 1. The Hall–Kier alpha value is -2.04. The van der Waals surface area contributed by atoms with E-state index in [1.54, 1.807) is 0 Å². The van der Waals surface area contributed by atoms with E-state index in [2.05, 4.69) is 12.2 Å². The van der Waals surface area contributed by atoms with Crippen LogP contribution in [0.1, 0.15) is 84.1 Å². The van der Waals surface area contributed by atoms with E-state index >= 15 is 0 Å². The zero-order valence-electron chi connectivity index (χ0n) is 18.5. The molecule has 0 radical (unpaired) electrons. The van der Waals surface area contributed by atoms with Gasteiger partial charge in [-0.2, -0.15) is 0 Å². The molecule has 1 N–H and O–H groups in total. The van der Waals surface area contributed by atoms with Crippen LogP contribution in [0.25, 0.3) is 0 Å². The molecule has 0 fully saturated rings. The SMILES string of the molecule is CCCCCCCCCCCOC(=O)C(NC(=O)OCc1ccccc1)C(C)C. The standard InChI is InChI=1S/C24H39NO4/c1-4-5-6-7-8-9-10-11-15-18-28-23(26)22(20(2)3)25-24(27)29-19-21-16-13-12-14-17-21/h12-14,16-17,20,22H,4-11,15,18-19H2,1-3H3,(H,25,27). The van der Waals surface area contributed by atoms with Gasteiger partial charge in [-0.25, -0.2) is 9.59 Å². The van der Waals surface area contributed by atoms with Gasteiger partial charge in [0.05, 0.1) is 6.61 Å². The van der Waals surface area contributed by atoms with Crippen LogP contribution < -0.4 is 5.32 Å². The molecule has 1 aromatic rings. The van der Waals surface area contributed by atoms with Crippen LogP contribution in [0.5, 0.6) is 0 Å². The number of hydrogen-bond acceptors (Lipinski definition) is 4. The van der Waals surface area contributed by atoms with Gasteiger partial charge >= 0.3 is 12.1 Å². The summed E-state index contributed by atoms with van der Waals surface area (Å²) in [5.41, 5.74) is 0.900. The van der Waals surface area contributed by atoms with Crippen molar-refractivity contribution in [1.29, 1.82) is 0 Å². The molecular formula is C24H39NO4. The molecule has 0 saturated carbocycles. The lowest BCUT2D eigenvalue weighted by molar-refractivity contribution is -0.147. The zero-order valence-corrected chi connectivity index (χ0v) is 18.5. The molecule has 1 unspecified atom stereocenters. The predicted molar refractivity (Wildman–Crippen MR) is 117 cm³/mol. The highest BCUT2D eigenvalue weighted by Crippen LogP contribution is 2.10. The van der Waals surface area contributed by atoms with Crippen LogP contribution in [0.3, 0.4) is 0 Å². The Morgan fingerprint density at radius 3 is 2.03 bits per heavy atom. The fourth-order valence-corrected chi connectivity index (χ4v) is 3.06. The number of carbonyl (C=O) groups excluding carboxylic acids is 2. The summed E-state index contributed by atoms with van der Waals surface area (Å²) in [4.78, 5) is 24.4. The topological polar surface area (TPSA) is 64.6 Å². The average Bonchev–Trinajstić information content (AvgIpc) is 2.72. The molecule has 1 aromatic carbocycles. The average molecular weight is 406 g/mol. The summed E-state index contributed by atoms with van der Waals surface area (Å²) in [5, 5.41) is 2.64. The normalized spacial score (nSPS) is 11.9. The summed E-state index contributed by atoms with van der Waals surface area (Å²) in [6.45, 7) is 6.56. The largest absolute Gasteiger partial charge is 0.464 e. The van der Waals surface area contributed by atoms with Crippen LogP contribution in [0.15, 0.2) is 30.3 Å². The third kappa shape index (κ3) is 12.2. The lowest BCUT2D eigenvalue weighted by Crippen LogP contribution is -2.45. The van der Waals surface area contributed by atoms with E-state index in [0.717, 1.165) is 18.4 Å². The van der Waals surface area contributed by atoms with Crippen molar-refractivity contribution in [2.75, 3.05) is 6.61 Å². The van der Waals surface area contributed by atoms with Crippen molar-refractivity contribution in [2.45, 2.75) is 91.2 Å². The summed E-state index contributed by atoms with van der Waals surface area (Å²) in [6.07, 6.45) is 10.3. The van der Waals surface area contributed by atoms with Crippen molar-refractivity contribution in [3.63, 3.8) is 0 Å². The fraction of sp³-hybridized carbons (Fsp3) is 0.667. The second-order valence-electron chi connectivity index (χ2n) is 7.92. The Labute approximate surface area is 176 Å². The summed E-state index contributed by atoms with van der Waals surface area (Å²) < 4.78 is 10.6. The Morgan fingerprint density at radius 1 is 0.862 bits per heavy atom. The lowest BCUT2D eigenvalue weighted by Gasteiger charge is -2.20. The van der Waals surface area contributed by atoms with Gasteiger partial charge in [0.25, 0.3) is 0 Å². The molecule has 0 saturated heterocycles. The van der Waals surface area contributed by atoms with Gasteiger partial charge in [0.15, 0.2) is 0 Å². The van der Waals surface area contributed by atoms with Crippen molar-refractivity contribution in [3.05, 3.63) is 35.9 Å². The van der Waals surface area contributed by atoms with Crippen molar-refractivity contribution in [1.82, 2.24) is 5.32 Å². The third-order valence-electron chi connectivity index (χ3n) is 4.90. The van der Waals surface area contributed by atoms with Crippen molar-refractivity contribution >= 4 is 12.1 Å². The molecule has 0 bridgehead atoms. The van der Waals surface area contributed by atoms with Gasteiger partial charge in [0.1, 0.15) is 12.6 Å². The number of unbranched alkanes of at least 4 members (excludes halogenated alkanes) is 8. The Bertz CT molecular complexity index is 559. The Morgan fingerprint density at radius 2 is 1.45 bits per heavy atom. The number of ether oxygens (including phenoxy) is 2. The van der Waals surface area contributed by atoms with Crippen LogP contribution in [0.4, 0.5) is 4.79 Å². The minimum atomic E-state index is -0.697. The molecule has 29 heavy (non-hydrogen) atoms. The summed E-state index contributed by atoms with van der Waals surface area (Å²) in [5.74, 6) is -0.467. The maximum Gasteiger partial charge on any atom is 0.408 e. The molecule has 0 aromatic heterocycles. The molecule has 164 valence electrons. The van der Waals surface area contributed by atoms with Crippen LogP contribution >= 0.6 is 0 Å². The van der Waals surface area contributed by atoms with Crippen LogP contribution in [-0.4, -0.2) is 24.7 Å². The van der Waals surface area contributed by atoms with Gasteiger partial charge in [0.2, 0.25) is 0 Å². The summed E-state index contributed by atoms with van der Waals surface area (Å²) in [6, 6.07) is 8.74. The second-order valence-corrected chi connectivity index (χ2v) is 7.92. The third-order valence-corrected chi connectivity index (χ3v) is 4.90. The molecule has 0 aliphatic rings. The first kappa shape index (κ1) is 25.0. The van der Waals surface area contributed by atoms with E-state index in [0.29, 0.717) is 6.61 Å². The molecule has 0 aliphatic heterocycles. The van der Waals surface area contributed by atoms with Crippen LogP contribution in [-0.2, 0) is 20.9 Å². The molecule has 5 heteroatoms. The zero-order chi connectivity index (χ0) is 21.3. The number of amides is 1. The van der Waals surface area contributed by atoms with Gasteiger partial charge in [0, 0.05) is 0 Å². The predicted octanol–water partition coefficient (Wildman–Crippen LogP) is 6.01. The van der Waals surface area contributed by atoms with E-state index < -0.39 is 18.1 Å². The smallest absolute Gasteiger partial charge is 0.408 e. The second kappa shape index (κ2) is 15.8. The first-order chi connectivity index (χ1) is 14.0. The van der Waals surface area contributed by atoms with Crippen LogP contribution in [0.2, 0.25) is 0 Å². The Kier molecular flexibility index (Phi) is 13.6. The molecule has 1 rings (SSSR count). The van der Waals surface area contributed by atoms with Gasteiger partial charge in [-0.15, -0.1) is 0 Å². The number of esters is 1. The maximum absolute atomic E-state index is 12.3. The first-order valence-corrected chi connectivity index (χ1v) is 11.2. The van der Waals surface area contributed by atoms with Crippen molar-refractivity contribution in [2.24, 2.45) is 5.92 Å². The first-order valence-electron chi connectivity index (χ1n) is 11.2. The lowest BCUT2D eigenvalue weighted by atomic mass is 10.1. The highest BCUT2D eigenvalue weighted by molar-refractivity contribution is 5.81.